The first-order chi connectivity index (χ1) is 20.8. The maximum atomic E-state index is 6.29. The zero-order valence-electron chi connectivity index (χ0n) is 23.0. The summed E-state index contributed by atoms with van der Waals surface area (Å²) in [6, 6.07) is 56.4. The molecule has 0 unspecified atom stereocenters. The van der Waals surface area contributed by atoms with Crippen LogP contribution in [-0.4, -0.2) is 9.55 Å². The number of imidazole rings is 1. The smallest absolute Gasteiger partial charge is 0.238 e. The molecule has 3 nitrogen and oxygen atoms in total. The molecule has 0 fully saturated rings. The van der Waals surface area contributed by atoms with Crippen molar-refractivity contribution in [1.29, 1.82) is 0 Å². The maximum absolute atomic E-state index is 6.29. The third-order valence-electron chi connectivity index (χ3n) is 7.31. The van der Waals surface area contributed by atoms with Gasteiger partial charge in [0.05, 0.1) is 11.9 Å². The van der Waals surface area contributed by atoms with Crippen molar-refractivity contribution in [3.63, 3.8) is 0 Å². The fourth-order valence-corrected chi connectivity index (χ4v) is 5.35. The van der Waals surface area contributed by atoms with Gasteiger partial charge in [-0.2, -0.15) is 4.98 Å². The van der Waals surface area contributed by atoms with E-state index >= 15 is 0 Å². The quantitative estimate of drug-likeness (QED) is 0.201. The molecule has 0 radical (unpaired) electrons. The summed E-state index contributed by atoms with van der Waals surface area (Å²) in [6.45, 7) is 0. The van der Waals surface area contributed by atoms with Crippen LogP contribution in [0.2, 0.25) is 0 Å². The number of nitrogens with zero attached hydrogens (tertiary/aromatic N) is 2. The van der Waals surface area contributed by atoms with Crippen molar-refractivity contribution < 1.29 is 4.74 Å². The van der Waals surface area contributed by atoms with Gasteiger partial charge in [0.25, 0.3) is 0 Å². The first-order valence-electron chi connectivity index (χ1n) is 14.1. The van der Waals surface area contributed by atoms with Crippen molar-refractivity contribution in [3.8, 4) is 62.1 Å². The van der Waals surface area contributed by atoms with Crippen LogP contribution in [0.4, 0.5) is 0 Å². The summed E-state index contributed by atoms with van der Waals surface area (Å²) in [5.74, 6) is 2.08. The van der Waals surface area contributed by atoms with E-state index in [1.165, 1.54) is 5.56 Å². The van der Waals surface area contributed by atoms with Crippen molar-refractivity contribution in [2.75, 3.05) is 0 Å². The van der Waals surface area contributed by atoms with Gasteiger partial charge in [0, 0.05) is 16.7 Å². The minimum atomic E-state index is 0.533. The zero-order chi connectivity index (χ0) is 28.1. The first kappa shape index (κ1) is 25.3. The molecule has 0 amide bonds. The molecule has 7 rings (SSSR count). The van der Waals surface area contributed by atoms with Crippen LogP contribution in [0, 0.1) is 0 Å². The highest BCUT2D eigenvalue weighted by Gasteiger charge is 2.22. The number of benzene rings is 6. The molecule has 7 aromatic rings. The maximum Gasteiger partial charge on any atom is 0.238 e. The zero-order valence-corrected chi connectivity index (χ0v) is 23.0. The summed E-state index contributed by atoms with van der Waals surface area (Å²) in [5, 5.41) is 0. The van der Waals surface area contributed by atoms with Crippen molar-refractivity contribution in [3.05, 3.63) is 170 Å². The molecule has 0 saturated carbocycles. The van der Waals surface area contributed by atoms with Crippen LogP contribution in [0.3, 0.4) is 0 Å². The van der Waals surface area contributed by atoms with Gasteiger partial charge in [-0.15, -0.1) is 0 Å². The molecule has 1 aromatic heterocycles. The molecule has 200 valence electrons. The lowest BCUT2D eigenvalue weighted by molar-refractivity contribution is 0.465. The third kappa shape index (κ3) is 5.12. The lowest BCUT2D eigenvalue weighted by Gasteiger charge is -2.20. The van der Waals surface area contributed by atoms with Gasteiger partial charge in [-0.1, -0.05) is 140 Å². The highest BCUT2D eigenvalue weighted by molar-refractivity contribution is 5.91. The van der Waals surface area contributed by atoms with Gasteiger partial charge >= 0.3 is 0 Å². The number of hydrogen-bond acceptors (Lipinski definition) is 2. The Kier molecular flexibility index (Phi) is 6.89. The van der Waals surface area contributed by atoms with E-state index in [4.69, 9.17) is 9.72 Å². The Morgan fingerprint density at radius 1 is 0.429 bits per heavy atom. The number of ether oxygens (including phenoxy) is 1. The molecular weight excluding hydrogens is 512 g/mol. The van der Waals surface area contributed by atoms with Gasteiger partial charge < -0.3 is 4.74 Å². The van der Waals surface area contributed by atoms with Gasteiger partial charge in [0.15, 0.2) is 0 Å². The molecule has 3 heteroatoms. The molecule has 0 bridgehead atoms. The molecule has 0 N–H and O–H groups in total. The molecule has 0 spiro atoms. The van der Waals surface area contributed by atoms with Crippen LogP contribution in [0.1, 0.15) is 0 Å². The van der Waals surface area contributed by atoms with Crippen molar-refractivity contribution in [1.82, 2.24) is 9.55 Å². The van der Waals surface area contributed by atoms with Crippen molar-refractivity contribution in [2.24, 2.45) is 0 Å². The fraction of sp³-hybridized carbons (Fsp3) is 0. The van der Waals surface area contributed by atoms with Crippen LogP contribution in [0.25, 0.3) is 50.5 Å². The van der Waals surface area contributed by atoms with E-state index in [9.17, 15) is 0 Å². The topological polar surface area (TPSA) is 27.1 Å². The van der Waals surface area contributed by atoms with E-state index in [-0.39, 0.29) is 0 Å². The molecule has 0 saturated heterocycles. The summed E-state index contributed by atoms with van der Waals surface area (Å²) < 4.78 is 8.48. The normalized spacial score (nSPS) is 10.9. The van der Waals surface area contributed by atoms with E-state index in [1.54, 1.807) is 0 Å². The number of para-hydroxylation sites is 1. The number of aromatic nitrogens is 2. The number of rotatable bonds is 7. The van der Waals surface area contributed by atoms with Gasteiger partial charge in [0.1, 0.15) is 11.6 Å². The Hall–Kier alpha value is -5.67. The monoisotopic (exact) mass is 540 g/mol. The second-order valence-electron chi connectivity index (χ2n) is 10.1. The highest BCUT2D eigenvalue weighted by Crippen LogP contribution is 2.42. The molecule has 0 aliphatic heterocycles. The van der Waals surface area contributed by atoms with E-state index in [1.807, 2.05) is 54.7 Å². The lowest BCUT2D eigenvalue weighted by atomic mass is 9.90. The minimum Gasteiger partial charge on any atom is -0.437 e. The average Bonchev–Trinajstić information content (AvgIpc) is 3.49. The predicted molar refractivity (Wildman–Crippen MR) is 172 cm³/mol. The molecule has 0 atom stereocenters. The Balaban J connectivity index is 1.55. The summed E-state index contributed by atoms with van der Waals surface area (Å²) in [5.41, 5.74) is 8.83. The molecule has 0 aliphatic rings. The largest absolute Gasteiger partial charge is 0.437 e. The predicted octanol–water partition coefficient (Wildman–Crippen LogP) is 10.3. The van der Waals surface area contributed by atoms with Crippen molar-refractivity contribution in [2.45, 2.75) is 0 Å². The molecule has 0 aliphatic carbocycles. The Labute approximate surface area is 246 Å². The summed E-state index contributed by atoms with van der Waals surface area (Å²) in [6.07, 6.45) is 2.01. The van der Waals surface area contributed by atoms with Gasteiger partial charge in [-0.3, -0.25) is 4.57 Å². The van der Waals surface area contributed by atoms with E-state index in [0.717, 1.165) is 50.6 Å². The standard InChI is InChI=1S/C39H28N2O/c1-6-16-29(17-7-1)33-26-35(30-18-8-2-9-19-30)38(36(27-33)31-20-10-3-11-21-31)41-28-37(42-34-24-14-5-15-25-34)40-39(41)32-22-12-4-13-23-32/h1-28H. The SMILES string of the molecule is c1ccc(Oc2cn(-c3c(-c4ccccc4)cc(-c4ccccc4)cc3-c3ccccc3)c(-c3ccccc3)n2)cc1. The van der Waals surface area contributed by atoms with E-state index < -0.39 is 0 Å². The van der Waals surface area contributed by atoms with Gasteiger partial charge in [-0.05, 0) is 46.5 Å². The van der Waals surface area contributed by atoms with Crippen LogP contribution in [0.5, 0.6) is 11.6 Å². The molecular formula is C39H28N2O. The lowest BCUT2D eigenvalue weighted by Crippen LogP contribution is -2.03. The molecule has 42 heavy (non-hydrogen) atoms. The van der Waals surface area contributed by atoms with E-state index in [0.29, 0.717) is 5.88 Å². The molecule has 6 aromatic carbocycles. The number of hydrogen-bond donors (Lipinski definition) is 0. The summed E-state index contributed by atoms with van der Waals surface area (Å²) in [7, 11) is 0. The van der Waals surface area contributed by atoms with E-state index in [2.05, 4.69) is 120 Å². The Morgan fingerprint density at radius 3 is 1.36 bits per heavy atom. The molecule has 1 heterocycles. The van der Waals surface area contributed by atoms with Crippen molar-refractivity contribution >= 4 is 0 Å². The van der Waals surface area contributed by atoms with Crippen LogP contribution >= 0.6 is 0 Å². The summed E-state index contributed by atoms with van der Waals surface area (Å²) >= 11 is 0. The average molecular weight is 541 g/mol. The summed E-state index contributed by atoms with van der Waals surface area (Å²) in [4.78, 5) is 5.04. The van der Waals surface area contributed by atoms with Crippen LogP contribution in [0.15, 0.2) is 170 Å². The second-order valence-corrected chi connectivity index (χ2v) is 10.1. The fourth-order valence-electron chi connectivity index (χ4n) is 5.35. The highest BCUT2D eigenvalue weighted by atomic mass is 16.5. The Morgan fingerprint density at radius 2 is 0.857 bits per heavy atom. The first-order valence-corrected chi connectivity index (χ1v) is 14.1. The van der Waals surface area contributed by atoms with Crippen LogP contribution in [-0.2, 0) is 0 Å². The third-order valence-corrected chi connectivity index (χ3v) is 7.31. The Bertz CT molecular complexity index is 1850. The second kappa shape index (κ2) is 11.4. The van der Waals surface area contributed by atoms with Gasteiger partial charge in [0.2, 0.25) is 5.88 Å². The van der Waals surface area contributed by atoms with Gasteiger partial charge in [-0.25, -0.2) is 0 Å². The minimum absolute atomic E-state index is 0.533. The van der Waals surface area contributed by atoms with Crippen LogP contribution < -0.4 is 4.74 Å².